The van der Waals surface area contributed by atoms with Crippen LogP contribution in [-0.2, 0) is 6.42 Å². The van der Waals surface area contributed by atoms with Crippen molar-refractivity contribution in [3.8, 4) is 11.5 Å². The molecular formula is C17H25NO2. The maximum atomic E-state index is 6.06. The van der Waals surface area contributed by atoms with Gasteiger partial charge >= 0.3 is 0 Å². The number of benzene rings is 1. The van der Waals surface area contributed by atoms with Crippen molar-refractivity contribution in [2.45, 2.75) is 51.7 Å². The molecule has 1 aromatic carbocycles. The number of hydrogen-bond acceptors (Lipinski definition) is 3. The van der Waals surface area contributed by atoms with Crippen molar-refractivity contribution in [1.82, 2.24) is 0 Å². The summed E-state index contributed by atoms with van der Waals surface area (Å²) in [6, 6.07) is 6.28. The molecule has 0 amide bonds. The number of nitrogens with two attached hydrogens (primary N) is 1. The smallest absolute Gasteiger partial charge is 0.162 e. The molecule has 0 saturated carbocycles. The largest absolute Gasteiger partial charge is 0.490 e. The van der Waals surface area contributed by atoms with Crippen LogP contribution in [0.25, 0.3) is 0 Å². The minimum atomic E-state index is 0.150. The summed E-state index contributed by atoms with van der Waals surface area (Å²) in [7, 11) is 0. The summed E-state index contributed by atoms with van der Waals surface area (Å²) in [6.07, 6.45) is 8.78. The molecule has 0 aromatic heterocycles. The van der Waals surface area contributed by atoms with Crippen molar-refractivity contribution in [2.24, 2.45) is 5.73 Å². The summed E-state index contributed by atoms with van der Waals surface area (Å²) in [5, 5.41) is 0. The van der Waals surface area contributed by atoms with Crippen molar-refractivity contribution in [3.05, 3.63) is 35.9 Å². The molecular weight excluding hydrogens is 250 g/mol. The van der Waals surface area contributed by atoms with Gasteiger partial charge in [-0.15, -0.1) is 0 Å². The third kappa shape index (κ3) is 4.27. The van der Waals surface area contributed by atoms with Gasteiger partial charge in [-0.05, 0) is 63.3 Å². The van der Waals surface area contributed by atoms with Crippen LogP contribution in [0.5, 0.6) is 11.5 Å². The molecule has 0 fully saturated rings. The van der Waals surface area contributed by atoms with Gasteiger partial charge in [0.2, 0.25) is 0 Å². The lowest BCUT2D eigenvalue weighted by Crippen LogP contribution is -2.18. The van der Waals surface area contributed by atoms with Gasteiger partial charge in [0.15, 0.2) is 11.5 Å². The van der Waals surface area contributed by atoms with E-state index < -0.39 is 0 Å². The molecule has 20 heavy (non-hydrogen) atoms. The van der Waals surface area contributed by atoms with E-state index >= 15 is 0 Å². The van der Waals surface area contributed by atoms with Crippen LogP contribution < -0.4 is 15.2 Å². The highest BCUT2D eigenvalue weighted by Gasteiger charge is 2.14. The van der Waals surface area contributed by atoms with E-state index in [0.717, 1.165) is 30.8 Å². The lowest BCUT2D eigenvalue weighted by Gasteiger charge is -2.21. The Labute approximate surface area is 121 Å². The molecule has 0 radical (unpaired) electrons. The molecule has 0 bridgehead atoms. The standard InChI is InChI=1S/C17H25NO2/c1-3-19-17-12-14(11-13(2)18)9-10-16(17)20-15-7-5-4-6-8-15/h5,7,9-10,12-13,15H,3-4,6,8,11,18H2,1-2H3. The lowest BCUT2D eigenvalue weighted by molar-refractivity contribution is 0.214. The fourth-order valence-corrected chi connectivity index (χ4v) is 2.46. The molecule has 0 spiro atoms. The van der Waals surface area contributed by atoms with E-state index in [1.165, 1.54) is 12.0 Å². The summed E-state index contributed by atoms with van der Waals surface area (Å²) in [4.78, 5) is 0. The molecule has 2 unspecified atom stereocenters. The molecule has 110 valence electrons. The van der Waals surface area contributed by atoms with Gasteiger partial charge in [0, 0.05) is 6.04 Å². The average molecular weight is 275 g/mol. The van der Waals surface area contributed by atoms with Crippen molar-refractivity contribution in [1.29, 1.82) is 0 Å². The molecule has 2 rings (SSSR count). The minimum Gasteiger partial charge on any atom is -0.490 e. The van der Waals surface area contributed by atoms with Gasteiger partial charge in [-0.25, -0.2) is 0 Å². The highest BCUT2D eigenvalue weighted by molar-refractivity contribution is 5.43. The van der Waals surface area contributed by atoms with Gasteiger partial charge in [-0.1, -0.05) is 12.1 Å². The molecule has 3 heteroatoms. The first-order chi connectivity index (χ1) is 9.69. The third-order valence-electron chi connectivity index (χ3n) is 3.35. The van der Waals surface area contributed by atoms with Crippen LogP contribution in [0.15, 0.2) is 30.4 Å². The molecule has 1 aromatic rings. The Morgan fingerprint density at radius 2 is 2.20 bits per heavy atom. The first-order valence-corrected chi connectivity index (χ1v) is 7.53. The van der Waals surface area contributed by atoms with Gasteiger partial charge in [0.25, 0.3) is 0 Å². The predicted molar refractivity (Wildman–Crippen MR) is 82.4 cm³/mol. The maximum Gasteiger partial charge on any atom is 0.162 e. The highest BCUT2D eigenvalue weighted by Crippen LogP contribution is 2.31. The molecule has 2 N–H and O–H groups in total. The van der Waals surface area contributed by atoms with E-state index in [1.807, 2.05) is 19.9 Å². The summed E-state index contributed by atoms with van der Waals surface area (Å²) in [6.45, 7) is 4.64. The van der Waals surface area contributed by atoms with Crippen molar-refractivity contribution < 1.29 is 9.47 Å². The molecule has 2 atom stereocenters. The zero-order chi connectivity index (χ0) is 14.4. The van der Waals surface area contributed by atoms with E-state index in [-0.39, 0.29) is 12.1 Å². The second kappa shape index (κ2) is 7.34. The van der Waals surface area contributed by atoms with E-state index in [1.54, 1.807) is 0 Å². The summed E-state index contributed by atoms with van der Waals surface area (Å²) < 4.78 is 11.8. The second-order valence-corrected chi connectivity index (χ2v) is 5.41. The first kappa shape index (κ1) is 14.9. The Morgan fingerprint density at radius 3 is 2.85 bits per heavy atom. The van der Waals surface area contributed by atoms with Crippen molar-refractivity contribution in [3.63, 3.8) is 0 Å². The van der Waals surface area contributed by atoms with Crippen LogP contribution in [0, 0.1) is 0 Å². The fraction of sp³-hybridized carbons (Fsp3) is 0.529. The van der Waals surface area contributed by atoms with E-state index in [9.17, 15) is 0 Å². The van der Waals surface area contributed by atoms with Gasteiger partial charge in [0.05, 0.1) is 6.61 Å². The maximum absolute atomic E-state index is 6.06. The van der Waals surface area contributed by atoms with Crippen LogP contribution in [0.4, 0.5) is 0 Å². The zero-order valence-corrected chi connectivity index (χ0v) is 12.5. The quantitative estimate of drug-likeness (QED) is 0.809. The second-order valence-electron chi connectivity index (χ2n) is 5.41. The number of allylic oxidation sites excluding steroid dienone is 1. The molecule has 0 heterocycles. The van der Waals surface area contributed by atoms with Gasteiger partial charge in [0.1, 0.15) is 6.10 Å². The van der Waals surface area contributed by atoms with Crippen LogP contribution in [0.2, 0.25) is 0 Å². The van der Waals surface area contributed by atoms with E-state index in [4.69, 9.17) is 15.2 Å². The topological polar surface area (TPSA) is 44.5 Å². The minimum absolute atomic E-state index is 0.150. The Hall–Kier alpha value is -1.48. The van der Waals surface area contributed by atoms with Gasteiger partial charge in [-0.3, -0.25) is 0 Å². The highest BCUT2D eigenvalue weighted by atomic mass is 16.5. The lowest BCUT2D eigenvalue weighted by atomic mass is 10.0. The van der Waals surface area contributed by atoms with Crippen LogP contribution in [0.3, 0.4) is 0 Å². The van der Waals surface area contributed by atoms with Gasteiger partial charge < -0.3 is 15.2 Å². The molecule has 1 aliphatic rings. The number of hydrogen-bond donors (Lipinski definition) is 1. The third-order valence-corrected chi connectivity index (χ3v) is 3.35. The summed E-state index contributed by atoms with van der Waals surface area (Å²) >= 11 is 0. The summed E-state index contributed by atoms with van der Waals surface area (Å²) in [5.74, 6) is 1.65. The van der Waals surface area contributed by atoms with E-state index in [2.05, 4.69) is 24.3 Å². The van der Waals surface area contributed by atoms with Crippen LogP contribution in [-0.4, -0.2) is 18.8 Å². The van der Waals surface area contributed by atoms with Crippen molar-refractivity contribution >= 4 is 0 Å². The van der Waals surface area contributed by atoms with Crippen molar-refractivity contribution in [2.75, 3.05) is 6.61 Å². The summed E-state index contributed by atoms with van der Waals surface area (Å²) in [5.41, 5.74) is 7.04. The Balaban J connectivity index is 2.13. The Kier molecular flexibility index (Phi) is 5.48. The Bertz CT molecular complexity index is 454. The van der Waals surface area contributed by atoms with Crippen LogP contribution in [0.1, 0.15) is 38.7 Å². The first-order valence-electron chi connectivity index (χ1n) is 7.53. The molecule has 3 nitrogen and oxygen atoms in total. The normalized spacial score (nSPS) is 19.6. The molecule has 1 aliphatic carbocycles. The number of ether oxygens (including phenoxy) is 2. The molecule has 0 saturated heterocycles. The van der Waals surface area contributed by atoms with Crippen LogP contribution >= 0.6 is 0 Å². The number of rotatable bonds is 6. The Morgan fingerprint density at radius 1 is 1.35 bits per heavy atom. The fourth-order valence-electron chi connectivity index (χ4n) is 2.46. The van der Waals surface area contributed by atoms with E-state index in [0.29, 0.717) is 6.61 Å². The zero-order valence-electron chi connectivity index (χ0n) is 12.5. The molecule has 0 aliphatic heterocycles. The predicted octanol–water partition coefficient (Wildman–Crippen LogP) is 3.46. The van der Waals surface area contributed by atoms with Gasteiger partial charge in [-0.2, -0.15) is 0 Å². The monoisotopic (exact) mass is 275 g/mol. The SMILES string of the molecule is CCOc1cc(CC(C)N)ccc1OC1C=CCCC1. The average Bonchev–Trinajstić information content (AvgIpc) is 2.42.